The van der Waals surface area contributed by atoms with E-state index in [4.69, 9.17) is 5.11 Å². The first-order valence-corrected chi connectivity index (χ1v) is 7.12. The van der Waals surface area contributed by atoms with Gasteiger partial charge < -0.3 is 15.7 Å². The number of hydrogen-bond acceptors (Lipinski definition) is 3. The molecule has 1 unspecified atom stereocenters. The van der Waals surface area contributed by atoms with E-state index in [1.54, 1.807) is 4.68 Å². The Balaban J connectivity index is 2.52. The Labute approximate surface area is 124 Å². The van der Waals surface area contributed by atoms with Gasteiger partial charge in [0.25, 0.3) is 0 Å². The number of hydrogen-bond donors (Lipinski definition) is 3. The smallest absolute Gasteiger partial charge is 0.326 e. The van der Waals surface area contributed by atoms with Gasteiger partial charge in [-0.15, -0.1) is 0 Å². The maximum Gasteiger partial charge on any atom is 0.326 e. The number of urea groups is 1. The van der Waals surface area contributed by atoms with Crippen molar-refractivity contribution >= 4 is 12.0 Å². The summed E-state index contributed by atoms with van der Waals surface area (Å²) in [5.41, 5.74) is 1.83. The Kier molecular flexibility index (Phi) is 6.20. The van der Waals surface area contributed by atoms with E-state index in [1.165, 1.54) is 0 Å². The summed E-state index contributed by atoms with van der Waals surface area (Å²) in [7, 11) is 1.81. The number of aryl methyl sites for hydroxylation is 2. The topological polar surface area (TPSA) is 96.3 Å². The van der Waals surface area contributed by atoms with E-state index >= 15 is 0 Å². The minimum absolute atomic E-state index is 0.190. The third-order valence-electron chi connectivity index (χ3n) is 3.13. The number of aromatic nitrogens is 2. The standard InChI is InChI=1S/C14H24N4O3/c1-5-10-7-11(18(4)17-10)8-15-14(21)16-12(13(19)20)6-9(2)3/h7,9,12H,5-6,8H2,1-4H3,(H,19,20)(H2,15,16,21). The molecule has 7 nitrogen and oxygen atoms in total. The SMILES string of the molecule is CCc1cc(CNC(=O)NC(CC(C)C)C(=O)O)n(C)n1. The first kappa shape index (κ1) is 17.0. The summed E-state index contributed by atoms with van der Waals surface area (Å²) in [4.78, 5) is 22.9. The van der Waals surface area contributed by atoms with Crippen molar-refractivity contribution < 1.29 is 14.7 Å². The molecule has 0 aliphatic heterocycles. The van der Waals surface area contributed by atoms with Crippen LogP contribution in [0.4, 0.5) is 4.79 Å². The molecule has 0 fully saturated rings. The van der Waals surface area contributed by atoms with Gasteiger partial charge in [0.2, 0.25) is 0 Å². The monoisotopic (exact) mass is 296 g/mol. The minimum Gasteiger partial charge on any atom is -0.480 e. The number of nitrogens with zero attached hydrogens (tertiary/aromatic N) is 2. The average molecular weight is 296 g/mol. The summed E-state index contributed by atoms with van der Waals surface area (Å²) >= 11 is 0. The second-order valence-corrected chi connectivity index (χ2v) is 5.45. The highest BCUT2D eigenvalue weighted by Gasteiger charge is 2.20. The number of aliphatic carboxylic acids is 1. The summed E-state index contributed by atoms with van der Waals surface area (Å²) in [6.07, 6.45) is 1.23. The van der Waals surface area contributed by atoms with Crippen LogP contribution in [0, 0.1) is 5.92 Å². The molecule has 1 aromatic rings. The van der Waals surface area contributed by atoms with Crippen LogP contribution in [0.15, 0.2) is 6.07 Å². The van der Waals surface area contributed by atoms with Gasteiger partial charge in [0.05, 0.1) is 17.9 Å². The molecule has 0 saturated carbocycles. The molecule has 0 radical (unpaired) electrons. The molecule has 1 heterocycles. The number of rotatable bonds is 7. The highest BCUT2D eigenvalue weighted by molar-refractivity contribution is 5.82. The molecule has 7 heteroatoms. The Morgan fingerprint density at radius 2 is 2.10 bits per heavy atom. The van der Waals surface area contributed by atoms with E-state index in [2.05, 4.69) is 15.7 Å². The molecule has 3 N–H and O–H groups in total. The third-order valence-corrected chi connectivity index (χ3v) is 3.13. The van der Waals surface area contributed by atoms with Crippen molar-refractivity contribution in [2.75, 3.05) is 0 Å². The van der Waals surface area contributed by atoms with Gasteiger partial charge in [-0.05, 0) is 24.8 Å². The Bertz CT molecular complexity index is 496. The van der Waals surface area contributed by atoms with Gasteiger partial charge in [0.1, 0.15) is 6.04 Å². The zero-order chi connectivity index (χ0) is 16.0. The van der Waals surface area contributed by atoms with Crippen LogP contribution in [0.5, 0.6) is 0 Å². The molecule has 0 bridgehead atoms. The third kappa shape index (κ3) is 5.45. The number of amides is 2. The predicted molar refractivity (Wildman–Crippen MR) is 78.8 cm³/mol. The van der Waals surface area contributed by atoms with E-state index in [1.807, 2.05) is 33.9 Å². The van der Waals surface area contributed by atoms with Gasteiger partial charge >= 0.3 is 12.0 Å². The minimum atomic E-state index is -1.02. The van der Waals surface area contributed by atoms with E-state index in [9.17, 15) is 9.59 Å². The van der Waals surface area contributed by atoms with E-state index < -0.39 is 18.0 Å². The Hall–Kier alpha value is -2.05. The molecule has 0 saturated heterocycles. The van der Waals surface area contributed by atoms with E-state index in [0.717, 1.165) is 17.8 Å². The normalized spacial score (nSPS) is 12.2. The maximum atomic E-state index is 11.8. The van der Waals surface area contributed by atoms with Crippen molar-refractivity contribution in [3.63, 3.8) is 0 Å². The maximum absolute atomic E-state index is 11.8. The van der Waals surface area contributed by atoms with Crippen LogP contribution < -0.4 is 10.6 Å². The van der Waals surface area contributed by atoms with Crippen molar-refractivity contribution in [3.05, 3.63) is 17.5 Å². The van der Waals surface area contributed by atoms with Gasteiger partial charge in [0, 0.05) is 7.05 Å². The molecule has 1 atom stereocenters. The van der Waals surface area contributed by atoms with Crippen molar-refractivity contribution in [1.82, 2.24) is 20.4 Å². The summed E-state index contributed by atoms with van der Waals surface area (Å²) in [6.45, 7) is 6.15. The predicted octanol–water partition coefficient (Wildman–Crippen LogP) is 1.28. The zero-order valence-electron chi connectivity index (χ0n) is 13.0. The average Bonchev–Trinajstić information content (AvgIpc) is 2.75. The van der Waals surface area contributed by atoms with Gasteiger partial charge in [-0.25, -0.2) is 9.59 Å². The van der Waals surface area contributed by atoms with Crippen LogP contribution in [0.3, 0.4) is 0 Å². The van der Waals surface area contributed by atoms with Gasteiger partial charge in [0.15, 0.2) is 0 Å². The van der Waals surface area contributed by atoms with Crippen molar-refractivity contribution in [2.45, 2.75) is 46.2 Å². The fraction of sp³-hybridized carbons (Fsp3) is 0.643. The molecule has 1 aromatic heterocycles. The fourth-order valence-corrected chi connectivity index (χ4v) is 1.98. The van der Waals surface area contributed by atoms with Crippen molar-refractivity contribution in [2.24, 2.45) is 13.0 Å². The summed E-state index contributed by atoms with van der Waals surface area (Å²) in [5.74, 6) is -0.830. The lowest BCUT2D eigenvalue weighted by molar-refractivity contribution is -0.139. The lowest BCUT2D eigenvalue weighted by Crippen LogP contribution is -2.46. The molecule has 1 rings (SSSR count). The Morgan fingerprint density at radius 1 is 1.43 bits per heavy atom. The summed E-state index contributed by atoms with van der Waals surface area (Å²) in [5, 5.41) is 18.5. The van der Waals surface area contributed by atoms with E-state index in [-0.39, 0.29) is 5.92 Å². The Morgan fingerprint density at radius 3 is 2.57 bits per heavy atom. The number of carbonyl (C=O) groups excluding carboxylic acids is 1. The first-order chi connectivity index (χ1) is 9.83. The van der Waals surface area contributed by atoms with Crippen LogP contribution in [0.25, 0.3) is 0 Å². The fourth-order valence-electron chi connectivity index (χ4n) is 1.98. The number of nitrogens with one attached hydrogen (secondary N) is 2. The quantitative estimate of drug-likeness (QED) is 0.706. The number of carboxylic acid groups (broad SMARTS) is 1. The zero-order valence-corrected chi connectivity index (χ0v) is 13.0. The van der Waals surface area contributed by atoms with Crippen LogP contribution in [-0.2, 0) is 24.8 Å². The lowest BCUT2D eigenvalue weighted by atomic mass is 10.0. The molecule has 0 aromatic carbocycles. The van der Waals surface area contributed by atoms with Crippen LogP contribution in [0.1, 0.15) is 38.6 Å². The van der Waals surface area contributed by atoms with Gasteiger partial charge in [-0.2, -0.15) is 5.10 Å². The molecule has 0 aliphatic rings. The molecule has 0 spiro atoms. The first-order valence-electron chi connectivity index (χ1n) is 7.12. The van der Waals surface area contributed by atoms with Crippen molar-refractivity contribution in [1.29, 1.82) is 0 Å². The summed E-state index contributed by atoms with van der Waals surface area (Å²) in [6, 6.07) is 0.563. The van der Waals surface area contributed by atoms with E-state index in [0.29, 0.717) is 13.0 Å². The van der Waals surface area contributed by atoms with Crippen LogP contribution in [0.2, 0.25) is 0 Å². The molecule has 118 valence electrons. The van der Waals surface area contributed by atoms with Crippen LogP contribution in [-0.4, -0.2) is 32.9 Å². The molecule has 0 aliphatic carbocycles. The molecular weight excluding hydrogens is 272 g/mol. The molecule has 21 heavy (non-hydrogen) atoms. The van der Waals surface area contributed by atoms with Crippen molar-refractivity contribution in [3.8, 4) is 0 Å². The summed E-state index contributed by atoms with van der Waals surface area (Å²) < 4.78 is 1.71. The second-order valence-electron chi connectivity index (χ2n) is 5.45. The van der Waals surface area contributed by atoms with Gasteiger partial charge in [-0.1, -0.05) is 20.8 Å². The number of carbonyl (C=O) groups is 2. The highest BCUT2D eigenvalue weighted by atomic mass is 16.4. The second kappa shape index (κ2) is 7.66. The largest absolute Gasteiger partial charge is 0.480 e. The highest BCUT2D eigenvalue weighted by Crippen LogP contribution is 2.05. The van der Waals surface area contributed by atoms with Crippen LogP contribution >= 0.6 is 0 Å². The molecule has 2 amide bonds. The van der Waals surface area contributed by atoms with Gasteiger partial charge in [-0.3, -0.25) is 4.68 Å². The lowest BCUT2D eigenvalue weighted by Gasteiger charge is -2.16. The number of carboxylic acids is 1. The molecular formula is C14H24N4O3.